The smallest absolute Gasteiger partial charge is 0.248 e. The maximum Gasteiger partial charge on any atom is 0.248 e. The molecule has 0 radical (unpaired) electrons. The zero-order chi connectivity index (χ0) is 23.1. The molecular formula is C24H30N2O4S2. The molecule has 0 N–H and O–H groups in total. The van der Waals surface area contributed by atoms with Crippen molar-refractivity contribution in [1.82, 2.24) is 4.57 Å². The number of benzene rings is 2. The van der Waals surface area contributed by atoms with E-state index in [1.807, 2.05) is 29.7 Å². The molecule has 8 heteroatoms. The van der Waals surface area contributed by atoms with E-state index in [-0.39, 0.29) is 30.3 Å². The van der Waals surface area contributed by atoms with E-state index in [4.69, 9.17) is 4.74 Å². The number of rotatable bonds is 10. The molecule has 1 amide bonds. The van der Waals surface area contributed by atoms with Gasteiger partial charge in [0.25, 0.3) is 0 Å². The molecular weight excluding hydrogens is 444 g/mol. The monoisotopic (exact) mass is 474 g/mol. The largest absolute Gasteiger partial charge is 0.380 e. The molecule has 0 aliphatic carbocycles. The maximum absolute atomic E-state index is 12.6. The van der Waals surface area contributed by atoms with E-state index in [1.54, 1.807) is 12.1 Å². The van der Waals surface area contributed by atoms with Crippen LogP contribution >= 0.6 is 11.3 Å². The lowest BCUT2D eigenvalue weighted by molar-refractivity contribution is -0.118. The van der Waals surface area contributed by atoms with Crippen LogP contribution in [0.3, 0.4) is 0 Å². The van der Waals surface area contributed by atoms with E-state index in [9.17, 15) is 13.2 Å². The second kappa shape index (κ2) is 11.0. The van der Waals surface area contributed by atoms with Gasteiger partial charge in [0.15, 0.2) is 14.6 Å². The highest BCUT2D eigenvalue weighted by molar-refractivity contribution is 7.90. The van der Waals surface area contributed by atoms with Crippen molar-refractivity contribution in [1.29, 1.82) is 0 Å². The summed E-state index contributed by atoms with van der Waals surface area (Å²) in [6.45, 7) is 7.85. The van der Waals surface area contributed by atoms with Crippen LogP contribution in [-0.4, -0.2) is 37.9 Å². The Morgan fingerprint density at radius 2 is 1.84 bits per heavy atom. The van der Waals surface area contributed by atoms with Crippen LogP contribution in [0, 0.1) is 13.8 Å². The lowest BCUT2D eigenvalue weighted by Gasteiger charge is -2.07. The van der Waals surface area contributed by atoms with Crippen LogP contribution in [0.2, 0.25) is 0 Å². The number of hydrogen-bond donors (Lipinski definition) is 0. The van der Waals surface area contributed by atoms with Crippen LogP contribution in [0.15, 0.2) is 47.5 Å². The number of carbonyl (C=O) groups is 1. The number of amides is 1. The molecule has 2 aromatic carbocycles. The minimum atomic E-state index is -3.27. The molecule has 0 saturated heterocycles. The molecule has 3 rings (SSSR count). The number of carbonyl (C=O) groups excluding carboxylic acids is 1. The molecule has 1 aromatic heterocycles. The Bertz CT molecular complexity index is 1240. The summed E-state index contributed by atoms with van der Waals surface area (Å²) in [6, 6.07) is 13.3. The first-order valence-electron chi connectivity index (χ1n) is 10.8. The number of fused-ring (bicyclic) bond motifs is 1. The van der Waals surface area contributed by atoms with Gasteiger partial charge in [0, 0.05) is 19.6 Å². The third-order valence-electron chi connectivity index (χ3n) is 5.26. The van der Waals surface area contributed by atoms with E-state index in [0.717, 1.165) is 15.8 Å². The topological polar surface area (TPSA) is 77.7 Å². The standard InChI is InChI=1S/C24H30N2O4S2/c1-4-30-13-12-26-21-15-18(2)19(3)16-22(21)31-24(26)25-23(27)11-8-14-32(28,29)17-20-9-6-5-7-10-20/h5-7,9-10,15-16H,4,8,11-14,17H2,1-3H3. The van der Waals surface area contributed by atoms with Crippen molar-refractivity contribution >= 4 is 37.3 Å². The number of sulfone groups is 1. The van der Waals surface area contributed by atoms with E-state index < -0.39 is 9.84 Å². The van der Waals surface area contributed by atoms with Gasteiger partial charge in [-0.25, -0.2) is 8.42 Å². The van der Waals surface area contributed by atoms with E-state index in [0.29, 0.717) is 24.6 Å². The van der Waals surface area contributed by atoms with Gasteiger partial charge in [-0.3, -0.25) is 4.79 Å². The lowest BCUT2D eigenvalue weighted by atomic mass is 10.1. The summed E-state index contributed by atoms with van der Waals surface area (Å²) in [4.78, 5) is 17.5. The molecule has 172 valence electrons. The maximum atomic E-state index is 12.6. The van der Waals surface area contributed by atoms with Gasteiger partial charge in [0.05, 0.1) is 28.3 Å². The predicted octanol–water partition coefficient (Wildman–Crippen LogP) is 4.18. The Morgan fingerprint density at radius 1 is 1.12 bits per heavy atom. The minimum Gasteiger partial charge on any atom is -0.380 e. The van der Waals surface area contributed by atoms with Crippen molar-refractivity contribution in [2.24, 2.45) is 4.99 Å². The summed E-state index contributed by atoms with van der Waals surface area (Å²) in [5.41, 5.74) is 4.17. The first kappa shape index (κ1) is 24.4. The number of aromatic nitrogens is 1. The van der Waals surface area contributed by atoms with Crippen molar-refractivity contribution < 1.29 is 17.9 Å². The van der Waals surface area contributed by atoms with Crippen molar-refractivity contribution in [3.63, 3.8) is 0 Å². The van der Waals surface area contributed by atoms with Gasteiger partial charge in [-0.15, -0.1) is 0 Å². The van der Waals surface area contributed by atoms with Gasteiger partial charge in [-0.05, 0) is 56.0 Å². The van der Waals surface area contributed by atoms with E-state index in [2.05, 4.69) is 31.0 Å². The summed E-state index contributed by atoms with van der Waals surface area (Å²) in [7, 11) is -3.27. The van der Waals surface area contributed by atoms with Gasteiger partial charge in [0.2, 0.25) is 5.91 Å². The number of aryl methyl sites for hydroxylation is 2. The molecule has 32 heavy (non-hydrogen) atoms. The molecule has 3 aromatic rings. The Balaban J connectivity index is 1.72. The normalized spacial score (nSPS) is 12.5. The average Bonchev–Trinajstić information content (AvgIpc) is 3.04. The van der Waals surface area contributed by atoms with Crippen molar-refractivity contribution in [3.8, 4) is 0 Å². The zero-order valence-electron chi connectivity index (χ0n) is 18.8. The molecule has 0 unspecified atom stereocenters. The van der Waals surface area contributed by atoms with E-state index >= 15 is 0 Å². The van der Waals surface area contributed by atoms with Crippen LogP contribution in [0.5, 0.6) is 0 Å². The van der Waals surface area contributed by atoms with Crippen LogP contribution < -0.4 is 4.80 Å². The predicted molar refractivity (Wildman–Crippen MR) is 130 cm³/mol. The quantitative estimate of drug-likeness (QED) is 0.413. The highest BCUT2D eigenvalue weighted by Crippen LogP contribution is 2.22. The number of nitrogens with zero attached hydrogens (tertiary/aromatic N) is 2. The van der Waals surface area contributed by atoms with Crippen LogP contribution in [-0.2, 0) is 31.7 Å². The van der Waals surface area contributed by atoms with Crippen LogP contribution in [0.1, 0.15) is 36.5 Å². The molecule has 0 spiro atoms. The Hall–Kier alpha value is -2.29. The lowest BCUT2D eigenvalue weighted by Crippen LogP contribution is -2.20. The number of thiazole rings is 1. The third-order valence-corrected chi connectivity index (χ3v) is 7.98. The van der Waals surface area contributed by atoms with Crippen LogP contribution in [0.25, 0.3) is 10.2 Å². The third kappa shape index (κ3) is 6.60. The summed E-state index contributed by atoms with van der Waals surface area (Å²) in [5, 5.41) is 0. The van der Waals surface area contributed by atoms with Crippen molar-refractivity contribution in [2.45, 2.75) is 45.9 Å². The van der Waals surface area contributed by atoms with Crippen molar-refractivity contribution in [3.05, 3.63) is 64.0 Å². The molecule has 0 bridgehead atoms. The summed E-state index contributed by atoms with van der Waals surface area (Å²) >= 11 is 1.48. The fraction of sp³-hybridized carbons (Fsp3) is 0.417. The summed E-state index contributed by atoms with van der Waals surface area (Å²) in [6.07, 6.45) is 0.366. The molecule has 0 aliphatic rings. The first-order chi connectivity index (χ1) is 15.3. The Morgan fingerprint density at radius 3 is 2.56 bits per heavy atom. The number of ether oxygens (including phenoxy) is 1. The molecule has 0 saturated carbocycles. The van der Waals surface area contributed by atoms with Gasteiger partial charge < -0.3 is 9.30 Å². The fourth-order valence-electron chi connectivity index (χ4n) is 3.43. The first-order valence-corrected chi connectivity index (χ1v) is 13.4. The highest BCUT2D eigenvalue weighted by Gasteiger charge is 2.14. The van der Waals surface area contributed by atoms with Gasteiger partial charge in [-0.2, -0.15) is 4.99 Å². The fourth-order valence-corrected chi connectivity index (χ4v) is 6.01. The number of hydrogen-bond acceptors (Lipinski definition) is 5. The molecule has 0 atom stereocenters. The molecule has 0 fully saturated rings. The summed E-state index contributed by atoms with van der Waals surface area (Å²) in [5.74, 6) is -0.339. The van der Waals surface area contributed by atoms with Gasteiger partial charge in [0.1, 0.15) is 0 Å². The Kier molecular flexibility index (Phi) is 8.39. The van der Waals surface area contributed by atoms with Gasteiger partial charge in [-0.1, -0.05) is 41.7 Å². The SMILES string of the molecule is CCOCCn1c(=NC(=O)CCCS(=O)(=O)Cc2ccccc2)sc2cc(C)c(C)cc21. The molecule has 1 heterocycles. The Labute approximate surface area is 193 Å². The average molecular weight is 475 g/mol. The highest BCUT2D eigenvalue weighted by atomic mass is 32.2. The second-order valence-corrected chi connectivity index (χ2v) is 11.0. The van der Waals surface area contributed by atoms with Gasteiger partial charge >= 0.3 is 0 Å². The van der Waals surface area contributed by atoms with Crippen LogP contribution in [0.4, 0.5) is 0 Å². The van der Waals surface area contributed by atoms with E-state index in [1.165, 1.54) is 22.5 Å². The minimum absolute atomic E-state index is 0.00832. The summed E-state index contributed by atoms with van der Waals surface area (Å²) < 4.78 is 33.3. The molecule has 6 nitrogen and oxygen atoms in total. The zero-order valence-corrected chi connectivity index (χ0v) is 20.5. The molecule has 0 aliphatic heterocycles. The second-order valence-electron chi connectivity index (χ2n) is 7.82. The van der Waals surface area contributed by atoms with Crippen molar-refractivity contribution in [2.75, 3.05) is 19.0 Å².